The van der Waals surface area contributed by atoms with E-state index in [4.69, 9.17) is 22.4 Å². The fourth-order valence-electron chi connectivity index (χ4n) is 1.43. The molecule has 4 nitrogen and oxygen atoms in total. The lowest BCUT2D eigenvalue weighted by atomic mass is 10.2. The number of carbonyl (C=O) groups excluding carboxylic acids is 1. The molecule has 0 radical (unpaired) electrons. The van der Waals surface area contributed by atoms with Crippen molar-refractivity contribution < 1.29 is 9.90 Å². The number of hydrogen-bond donors (Lipinski definition) is 3. The average molecular weight is 303 g/mol. The molecule has 0 spiro atoms. The second kappa shape index (κ2) is 8.30. The Labute approximate surface area is 122 Å². The topological polar surface area (TPSA) is 75.3 Å². The van der Waals surface area contributed by atoms with E-state index in [1.54, 1.807) is 30.0 Å². The third-order valence-electron chi connectivity index (χ3n) is 2.50. The minimum absolute atomic E-state index is 0.0636. The number of carbonyl (C=O) groups is 1. The maximum atomic E-state index is 11.7. The first kappa shape index (κ1) is 16.1. The fraction of sp³-hybridized carbons (Fsp3) is 0.462. The zero-order valence-corrected chi connectivity index (χ0v) is 12.4. The van der Waals surface area contributed by atoms with Crippen LogP contribution in [0.4, 0.5) is 11.4 Å². The molecule has 1 rings (SSSR count). The summed E-state index contributed by atoms with van der Waals surface area (Å²) in [5, 5.41) is 12.4. The van der Waals surface area contributed by atoms with Crippen molar-refractivity contribution in [3.05, 3.63) is 23.2 Å². The number of aliphatic hydroxyl groups is 1. The number of aliphatic hydroxyl groups excluding tert-OH is 1. The number of thioether (sulfide) groups is 1. The Morgan fingerprint density at radius 1 is 1.58 bits per heavy atom. The summed E-state index contributed by atoms with van der Waals surface area (Å²) in [6.45, 7) is 2.12. The van der Waals surface area contributed by atoms with E-state index in [-0.39, 0.29) is 17.8 Å². The molecule has 0 aliphatic rings. The fourth-order valence-corrected chi connectivity index (χ4v) is 2.43. The Kier molecular flexibility index (Phi) is 7.05. The molecule has 106 valence electrons. The molecular formula is C13H19ClN2O2S. The lowest BCUT2D eigenvalue weighted by Crippen LogP contribution is -2.13. The molecule has 0 aliphatic carbocycles. The number of anilines is 2. The normalized spacial score (nSPS) is 12.2. The van der Waals surface area contributed by atoms with Crippen LogP contribution in [0.15, 0.2) is 18.2 Å². The summed E-state index contributed by atoms with van der Waals surface area (Å²) in [6, 6.07) is 4.99. The van der Waals surface area contributed by atoms with E-state index in [9.17, 15) is 4.79 Å². The summed E-state index contributed by atoms with van der Waals surface area (Å²) in [6.07, 6.45) is 1.21. The van der Waals surface area contributed by atoms with Gasteiger partial charge in [0.1, 0.15) is 0 Å². The van der Waals surface area contributed by atoms with Crippen molar-refractivity contribution in [1.29, 1.82) is 0 Å². The van der Waals surface area contributed by atoms with Crippen LogP contribution in [0, 0.1) is 0 Å². The van der Waals surface area contributed by atoms with Gasteiger partial charge in [0.2, 0.25) is 5.91 Å². The molecule has 0 saturated heterocycles. The highest BCUT2D eigenvalue weighted by molar-refractivity contribution is 7.99. The second-order valence-electron chi connectivity index (χ2n) is 4.25. The molecule has 0 heterocycles. The quantitative estimate of drug-likeness (QED) is 0.535. The van der Waals surface area contributed by atoms with Crippen LogP contribution in [0.5, 0.6) is 0 Å². The number of rotatable bonds is 7. The average Bonchev–Trinajstić information content (AvgIpc) is 2.37. The van der Waals surface area contributed by atoms with Gasteiger partial charge in [0, 0.05) is 16.7 Å². The zero-order valence-electron chi connectivity index (χ0n) is 10.9. The summed E-state index contributed by atoms with van der Waals surface area (Å²) >= 11 is 7.44. The number of amides is 1. The van der Waals surface area contributed by atoms with E-state index in [0.717, 1.165) is 12.2 Å². The molecular weight excluding hydrogens is 284 g/mol. The van der Waals surface area contributed by atoms with E-state index in [2.05, 4.69) is 5.32 Å². The molecule has 1 unspecified atom stereocenters. The van der Waals surface area contributed by atoms with E-state index in [1.807, 2.05) is 6.92 Å². The SMILES string of the molecule is CC(CO)SCCCC(=O)Nc1ccc(Cl)cc1N. The highest BCUT2D eigenvalue weighted by Crippen LogP contribution is 2.23. The van der Waals surface area contributed by atoms with Crippen molar-refractivity contribution in [3.8, 4) is 0 Å². The molecule has 1 amide bonds. The number of nitrogen functional groups attached to an aromatic ring is 1. The van der Waals surface area contributed by atoms with E-state index >= 15 is 0 Å². The number of hydrogen-bond acceptors (Lipinski definition) is 4. The minimum Gasteiger partial charge on any atom is -0.397 e. The Morgan fingerprint density at radius 3 is 2.95 bits per heavy atom. The van der Waals surface area contributed by atoms with Crippen LogP contribution in [0.25, 0.3) is 0 Å². The van der Waals surface area contributed by atoms with Crippen molar-refractivity contribution in [2.75, 3.05) is 23.4 Å². The Hall–Kier alpha value is -0.910. The Balaban J connectivity index is 2.31. The Morgan fingerprint density at radius 2 is 2.32 bits per heavy atom. The molecule has 6 heteroatoms. The van der Waals surface area contributed by atoms with Crippen LogP contribution in [0.1, 0.15) is 19.8 Å². The van der Waals surface area contributed by atoms with E-state index in [1.165, 1.54) is 0 Å². The monoisotopic (exact) mass is 302 g/mol. The number of nitrogens with one attached hydrogen (secondary N) is 1. The summed E-state index contributed by atoms with van der Waals surface area (Å²) in [7, 11) is 0. The number of benzene rings is 1. The predicted molar refractivity (Wildman–Crippen MR) is 82.7 cm³/mol. The first-order valence-corrected chi connectivity index (χ1v) is 7.53. The molecule has 0 bridgehead atoms. The van der Waals surface area contributed by atoms with Crippen molar-refractivity contribution in [2.24, 2.45) is 0 Å². The molecule has 0 fully saturated rings. The molecule has 0 aliphatic heterocycles. The van der Waals surface area contributed by atoms with Crippen LogP contribution in [0.3, 0.4) is 0 Å². The van der Waals surface area contributed by atoms with Crippen molar-refractivity contribution >= 4 is 40.6 Å². The van der Waals surface area contributed by atoms with Gasteiger partial charge in [-0.15, -0.1) is 0 Å². The molecule has 0 aromatic heterocycles. The van der Waals surface area contributed by atoms with Crippen LogP contribution >= 0.6 is 23.4 Å². The molecule has 1 atom stereocenters. The van der Waals surface area contributed by atoms with Gasteiger partial charge in [0.05, 0.1) is 18.0 Å². The van der Waals surface area contributed by atoms with E-state index < -0.39 is 0 Å². The lowest BCUT2D eigenvalue weighted by Gasteiger charge is -2.09. The lowest BCUT2D eigenvalue weighted by molar-refractivity contribution is -0.116. The second-order valence-corrected chi connectivity index (χ2v) is 6.23. The highest BCUT2D eigenvalue weighted by atomic mass is 35.5. The summed E-state index contributed by atoms with van der Waals surface area (Å²) < 4.78 is 0. The van der Waals surface area contributed by atoms with Crippen molar-refractivity contribution in [1.82, 2.24) is 0 Å². The molecule has 1 aromatic carbocycles. The summed E-state index contributed by atoms with van der Waals surface area (Å²) in [5.41, 5.74) is 6.80. The van der Waals surface area contributed by atoms with Gasteiger partial charge in [-0.05, 0) is 30.4 Å². The first-order chi connectivity index (χ1) is 9.02. The predicted octanol–water partition coefficient (Wildman–Crippen LogP) is 2.75. The summed E-state index contributed by atoms with van der Waals surface area (Å²) in [5.74, 6) is 0.789. The maximum absolute atomic E-state index is 11.7. The Bertz CT molecular complexity index is 429. The van der Waals surface area contributed by atoms with Crippen LogP contribution in [0.2, 0.25) is 5.02 Å². The van der Waals surface area contributed by atoms with Crippen LogP contribution in [-0.2, 0) is 4.79 Å². The van der Waals surface area contributed by atoms with Gasteiger partial charge < -0.3 is 16.2 Å². The van der Waals surface area contributed by atoms with Crippen molar-refractivity contribution in [3.63, 3.8) is 0 Å². The summed E-state index contributed by atoms with van der Waals surface area (Å²) in [4.78, 5) is 11.7. The maximum Gasteiger partial charge on any atom is 0.224 e. The minimum atomic E-state index is -0.0636. The number of nitrogens with two attached hydrogens (primary N) is 1. The molecule has 0 saturated carbocycles. The number of halogens is 1. The van der Waals surface area contributed by atoms with Gasteiger partial charge in [0.15, 0.2) is 0 Å². The molecule has 19 heavy (non-hydrogen) atoms. The third-order valence-corrected chi connectivity index (χ3v) is 3.97. The largest absolute Gasteiger partial charge is 0.397 e. The van der Waals surface area contributed by atoms with E-state index in [0.29, 0.717) is 22.8 Å². The van der Waals surface area contributed by atoms with Gasteiger partial charge >= 0.3 is 0 Å². The zero-order chi connectivity index (χ0) is 14.3. The van der Waals surface area contributed by atoms with Gasteiger partial charge in [-0.1, -0.05) is 18.5 Å². The first-order valence-electron chi connectivity index (χ1n) is 6.10. The molecule has 4 N–H and O–H groups in total. The third kappa shape index (κ3) is 6.18. The highest BCUT2D eigenvalue weighted by Gasteiger charge is 2.06. The standard InChI is InChI=1S/C13H19ClN2O2S/c1-9(8-17)19-6-2-3-13(18)16-12-5-4-10(14)7-11(12)15/h4-5,7,9,17H,2-3,6,8,15H2,1H3,(H,16,18). The van der Waals surface area contributed by atoms with Crippen LogP contribution in [-0.4, -0.2) is 28.6 Å². The van der Waals surface area contributed by atoms with Crippen LogP contribution < -0.4 is 11.1 Å². The van der Waals surface area contributed by atoms with Crippen molar-refractivity contribution in [2.45, 2.75) is 25.0 Å². The molecule has 1 aromatic rings. The smallest absolute Gasteiger partial charge is 0.224 e. The van der Waals surface area contributed by atoms with Gasteiger partial charge in [-0.25, -0.2) is 0 Å². The van der Waals surface area contributed by atoms with Gasteiger partial charge in [-0.3, -0.25) is 4.79 Å². The van der Waals surface area contributed by atoms with Gasteiger partial charge in [0.25, 0.3) is 0 Å². The van der Waals surface area contributed by atoms with Gasteiger partial charge in [-0.2, -0.15) is 11.8 Å².